The number of rotatable bonds is 1. The van der Waals surface area contributed by atoms with Crippen molar-refractivity contribution in [1.29, 1.82) is 5.41 Å². The lowest BCUT2D eigenvalue weighted by Crippen LogP contribution is -2.27. The van der Waals surface area contributed by atoms with Gasteiger partial charge >= 0.3 is 0 Å². The molecule has 0 unspecified atom stereocenters. The normalized spacial score (nSPS) is 15.9. The average Bonchev–Trinajstić information content (AvgIpc) is 2.71. The zero-order chi connectivity index (χ0) is 9.97. The summed E-state index contributed by atoms with van der Waals surface area (Å²) in [5, 5.41) is 8.00. The Kier molecular flexibility index (Phi) is 2.53. The zero-order valence-corrected chi connectivity index (χ0v) is 8.29. The SMILES string of the molecule is [CH2]c1ccc(C(=N)N2CCCC2)cc1. The first-order chi connectivity index (χ1) is 6.77. The van der Waals surface area contributed by atoms with Crippen LogP contribution in [0.15, 0.2) is 24.3 Å². The van der Waals surface area contributed by atoms with Gasteiger partial charge in [0.15, 0.2) is 0 Å². The van der Waals surface area contributed by atoms with Crippen LogP contribution in [-0.2, 0) is 0 Å². The van der Waals surface area contributed by atoms with Crippen molar-refractivity contribution in [2.45, 2.75) is 12.8 Å². The van der Waals surface area contributed by atoms with E-state index in [1.807, 2.05) is 24.3 Å². The second-order valence-electron chi connectivity index (χ2n) is 3.74. The van der Waals surface area contributed by atoms with Crippen LogP contribution < -0.4 is 0 Å². The average molecular weight is 187 g/mol. The molecule has 1 heterocycles. The van der Waals surface area contributed by atoms with Crippen LogP contribution in [-0.4, -0.2) is 23.8 Å². The molecule has 1 radical (unpaired) electrons. The van der Waals surface area contributed by atoms with Crippen molar-refractivity contribution in [2.75, 3.05) is 13.1 Å². The van der Waals surface area contributed by atoms with Gasteiger partial charge in [-0.2, -0.15) is 0 Å². The molecule has 14 heavy (non-hydrogen) atoms. The molecule has 0 aliphatic carbocycles. The third kappa shape index (κ3) is 1.79. The van der Waals surface area contributed by atoms with Crippen molar-refractivity contribution in [2.24, 2.45) is 0 Å². The molecule has 1 aliphatic heterocycles. The minimum Gasteiger partial charge on any atom is -0.357 e. The molecule has 0 aromatic heterocycles. The molecule has 1 N–H and O–H groups in total. The molecule has 2 nitrogen and oxygen atoms in total. The summed E-state index contributed by atoms with van der Waals surface area (Å²) < 4.78 is 0. The molecule has 0 bridgehead atoms. The van der Waals surface area contributed by atoms with E-state index < -0.39 is 0 Å². The lowest BCUT2D eigenvalue weighted by molar-refractivity contribution is 0.517. The van der Waals surface area contributed by atoms with Gasteiger partial charge in [-0.05, 0) is 25.3 Å². The Labute approximate surface area is 85.1 Å². The van der Waals surface area contributed by atoms with Crippen LogP contribution in [0, 0.1) is 12.3 Å². The summed E-state index contributed by atoms with van der Waals surface area (Å²) >= 11 is 0. The number of amidine groups is 1. The van der Waals surface area contributed by atoms with Gasteiger partial charge in [0, 0.05) is 18.7 Å². The van der Waals surface area contributed by atoms with Gasteiger partial charge in [0.25, 0.3) is 0 Å². The zero-order valence-electron chi connectivity index (χ0n) is 8.29. The summed E-state index contributed by atoms with van der Waals surface area (Å²) in [6.45, 7) is 5.90. The molecule has 0 saturated carbocycles. The molecule has 1 aromatic rings. The molecule has 0 atom stereocenters. The van der Waals surface area contributed by atoms with Gasteiger partial charge in [0.2, 0.25) is 0 Å². The van der Waals surface area contributed by atoms with E-state index in [1.165, 1.54) is 12.8 Å². The Hall–Kier alpha value is -1.31. The van der Waals surface area contributed by atoms with Crippen molar-refractivity contribution >= 4 is 5.84 Å². The molecule has 73 valence electrons. The van der Waals surface area contributed by atoms with Crippen molar-refractivity contribution in [3.8, 4) is 0 Å². The van der Waals surface area contributed by atoms with Crippen LogP contribution in [0.2, 0.25) is 0 Å². The molecule has 2 rings (SSSR count). The lowest BCUT2D eigenvalue weighted by Gasteiger charge is -2.18. The van der Waals surface area contributed by atoms with E-state index in [9.17, 15) is 0 Å². The van der Waals surface area contributed by atoms with E-state index in [-0.39, 0.29) is 0 Å². The first-order valence-electron chi connectivity index (χ1n) is 5.03. The largest absolute Gasteiger partial charge is 0.357 e. The molecule has 0 spiro atoms. The highest BCUT2D eigenvalue weighted by atomic mass is 15.2. The molecule has 1 aromatic carbocycles. The van der Waals surface area contributed by atoms with E-state index in [0.29, 0.717) is 5.84 Å². The second kappa shape index (κ2) is 3.82. The second-order valence-corrected chi connectivity index (χ2v) is 3.74. The topological polar surface area (TPSA) is 27.1 Å². The number of nitrogens with one attached hydrogen (secondary N) is 1. The minimum atomic E-state index is 0.655. The first-order valence-corrected chi connectivity index (χ1v) is 5.03. The number of benzene rings is 1. The van der Waals surface area contributed by atoms with E-state index in [0.717, 1.165) is 24.2 Å². The predicted molar refractivity (Wildman–Crippen MR) is 58.5 cm³/mol. The van der Waals surface area contributed by atoms with Crippen LogP contribution in [0.5, 0.6) is 0 Å². The van der Waals surface area contributed by atoms with Gasteiger partial charge in [-0.25, -0.2) is 0 Å². The fourth-order valence-electron chi connectivity index (χ4n) is 1.79. The van der Waals surface area contributed by atoms with Gasteiger partial charge < -0.3 is 4.90 Å². The number of likely N-dealkylation sites (tertiary alicyclic amines) is 1. The summed E-state index contributed by atoms with van der Waals surface area (Å²) in [5.74, 6) is 0.655. The highest BCUT2D eigenvalue weighted by Gasteiger charge is 2.15. The first kappa shape index (κ1) is 9.25. The van der Waals surface area contributed by atoms with Crippen LogP contribution in [0.25, 0.3) is 0 Å². The van der Waals surface area contributed by atoms with E-state index in [4.69, 9.17) is 5.41 Å². The minimum absolute atomic E-state index is 0.655. The van der Waals surface area contributed by atoms with E-state index >= 15 is 0 Å². The summed E-state index contributed by atoms with van der Waals surface area (Å²) in [4.78, 5) is 2.14. The smallest absolute Gasteiger partial charge is 0.128 e. The van der Waals surface area contributed by atoms with Gasteiger partial charge in [-0.15, -0.1) is 0 Å². The third-order valence-corrected chi connectivity index (χ3v) is 2.65. The molecule has 1 saturated heterocycles. The van der Waals surface area contributed by atoms with Crippen LogP contribution >= 0.6 is 0 Å². The summed E-state index contributed by atoms with van der Waals surface area (Å²) in [7, 11) is 0. The van der Waals surface area contributed by atoms with Crippen molar-refractivity contribution < 1.29 is 0 Å². The highest BCUT2D eigenvalue weighted by Crippen LogP contribution is 2.13. The number of nitrogens with zero attached hydrogens (tertiary/aromatic N) is 1. The Morgan fingerprint density at radius 1 is 1.14 bits per heavy atom. The third-order valence-electron chi connectivity index (χ3n) is 2.65. The maximum absolute atomic E-state index is 8.00. The van der Waals surface area contributed by atoms with E-state index in [2.05, 4.69) is 11.8 Å². The van der Waals surface area contributed by atoms with Gasteiger partial charge in [-0.3, -0.25) is 5.41 Å². The predicted octanol–water partition coefficient (Wildman–Crippen LogP) is 2.29. The van der Waals surface area contributed by atoms with E-state index in [1.54, 1.807) is 0 Å². The summed E-state index contributed by atoms with van der Waals surface area (Å²) in [6.07, 6.45) is 2.44. The Morgan fingerprint density at radius 2 is 1.71 bits per heavy atom. The standard InChI is InChI=1S/C12H15N2/c1-10-4-6-11(7-5-10)12(13)14-8-2-3-9-14/h4-7,13H,1-3,8-9H2. The highest BCUT2D eigenvalue weighted by molar-refractivity contribution is 5.96. The number of hydrogen-bond donors (Lipinski definition) is 1. The Balaban J connectivity index is 2.14. The van der Waals surface area contributed by atoms with Gasteiger partial charge in [-0.1, -0.05) is 24.3 Å². The molecular formula is C12H15N2. The summed E-state index contributed by atoms with van der Waals surface area (Å²) in [6, 6.07) is 7.87. The summed E-state index contributed by atoms with van der Waals surface area (Å²) in [5.41, 5.74) is 2.00. The number of hydrogen-bond acceptors (Lipinski definition) is 1. The van der Waals surface area contributed by atoms with Crippen LogP contribution in [0.4, 0.5) is 0 Å². The quantitative estimate of drug-likeness (QED) is 0.530. The fourth-order valence-corrected chi connectivity index (χ4v) is 1.79. The van der Waals surface area contributed by atoms with Gasteiger partial charge in [0.05, 0.1) is 0 Å². The molecule has 2 heteroatoms. The maximum Gasteiger partial charge on any atom is 0.128 e. The molecule has 1 fully saturated rings. The van der Waals surface area contributed by atoms with Crippen molar-refractivity contribution in [1.82, 2.24) is 4.90 Å². The van der Waals surface area contributed by atoms with Crippen LogP contribution in [0.3, 0.4) is 0 Å². The molecule has 1 aliphatic rings. The van der Waals surface area contributed by atoms with Crippen molar-refractivity contribution in [3.05, 3.63) is 42.3 Å². The Morgan fingerprint density at radius 3 is 2.29 bits per heavy atom. The lowest BCUT2D eigenvalue weighted by atomic mass is 10.1. The molecule has 0 amide bonds. The maximum atomic E-state index is 8.00. The monoisotopic (exact) mass is 187 g/mol. The van der Waals surface area contributed by atoms with Crippen molar-refractivity contribution in [3.63, 3.8) is 0 Å². The Bertz CT molecular complexity index is 321. The van der Waals surface area contributed by atoms with Crippen LogP contribution in [0.1, 0.15) is 24.0 Å². The molecular weight excluding hydrogens is 172 g/mol. The van der Waals surface area contributed by atoms with Gasteiger partial charge in [0.1, 0.15) is 5.84 Å². The fraction of sp³-hybridized carbons (Fsp3) is 0.333.